The molecule has 6 nitrogen and oxygen atoms in total. The van der Waals surface area contributed by atoms with Crippen molar-refractivity contribution in [2.24, 2.45) is 5.16 Å². The average molecular weight is 407 g/mol. The van der Waals surface area contributed by atoms with E-state index in [-0.39, 0.29) is 5.91 Å². The highest BCUT2D eigenvalue weighted by atomic mass is 79.9. The molecule has 0 aliphatic heterocycles. The van der Waals surface area contributed by atoms with Gasteiger partial charge in [0.25, 0.3) is 5.91 Å². The molecule has 7 heteroatoms. The van der Waals surface area contributed by atoms with Crippen molar-refractivity contribution in [2.45, 2.75) is 13.0 Å². The number of nitrogens with zero attached hydrogens (tertiary/aromatic N) is 1. The SMILES string of the molecule is COc1ccc(/C=N\O[C@@H](C)C(=O)Nc2ccc(Br)cc2)cc1OC. The lowest BCUT2D eigenvalue weighted by Gasteiger charge is -2.10. The van der Waals surface area contributed by atoms with Gasteiger partial charge in [-0.05, 0) is 49.4 Å². The number of halogens is 1. The van der Waals surface area contributed by atoms with Crippen LogP contribution in [0, 0.1) is 0 Å². The van der Waals surface area contributed by atoms with E-state index in [2.05, 4.69) is 26.4 Å². The summed E-state index contributed by atoms with van der Waals surface area (Å²) in [7, 11) is 3.13. The van der Waals surface area contributed by atoms with E-state index >= 15 is 0 Å². The zero-order chi connectivity index (χ0) is 18.2. The van der Waals surface area contributed by atoms with Crippen LogP contribution in [0.5, 0.6) is 11.5 Å². The van der Waals surface area contributed by atoms with Gasteiger partial charge in [-0.3, -0.25) is 4.79 Å². The molecule has 0 aliphatic rings. The quantitative estimate of drug-likeness (QED) is 0.559. The van der Waals surface area contributed by atoms with Gasteiger partial charge < -0.3 is 19.6 Å². The average Bonchev–Trinajstić information content (AvgIpc) is 2.63. The highest BCUT2D eigenvalue weighted by Crippen LogP contribution is 2.26. The number of carbonyl (C=O) groups is 1. The normalized spacial score (nSPS) is 11.8. The summed E-state index contributed by atoms with van der Waals surface area (Å²) in [5.74, 6) is 0.932. The molecule has 1 amide bonds. The second kappa shape index (κ2) is 9.08. The second-order valence-electron chi connectivity index (χ2n) is 5.09. The summed E-state index contributed by atoms with van der Waals surface area (Å²) in [5, 5.41) is 6.62. The predicted molar refractivity (Wildman–Crippen MR) is 100 cm³/mol. The third kappa shape index (κ3) is 5.49. The minimum atomic E-state index is -0.736. The van der Waals surface area contributed by atoms with Gasteiger partial charge in [0, 0.05) is 15.7 Å². The number of oxime groups is 1. The van der Waals surface area contributed by atoms with Crippen LogP contribution in [0.1, 0.15) is 12.5 Å². The highest BCUT2D eigenvalue weighted by molar-refractivity contribution is 9.10. The number of rotatable bonds is 7. The molecule has 0 fully saturated rings. The molecule has 2 aromatic carbocycles. The van der Waals surface area contributed by atoms with E-state index in [1.165, 1.54) is 6.21 Å². The van der Waals surface area contributed by atoms with Crippen molar-refractivity contribution in [3.8, 4) is 11.5 Å². The Morgan fingerprint density at radius 1 is 1.12 bits per heavy atom. The Hall–Kier alpha value is -2.54. The van der Waals surface area contributed by atoms with Crippen molar-refractivity contribution >= 4 is 33.7 Å². The molecule has 132 valence electrons. The maximum absolute atomic E-state index is 12.1. The number of hydrogen-bond acceptors (Lipinski definition) is 5. The molecule has 1 atom stereocenters. The van der Waals surface area contributed by atoms with E-state index < -0.39 is 6.10 Å². The molecule has 0 aliphatic carbocycles. The summed E-state index contributed by atoms with van der Waals surface area (Å²) < 4.78 is 11.3. The van der Waals surface area contributed by atoms with E-state index in [0.29, 0.717) is 17.2 Å². The first-order valence-electron chi connectivity index (χ1n) is 7.51. The molecular weight excluding hydrogens is 388 g/mol. The first-order chi connectivity index (χ1) is 12.0. The van der Waals surface area contributed by atoms with Crippen LogP contribution in [0.3, 0.4) is 0 Å². The van der Waals surface area contributed by atoms with Crippen molar-refractivity contribution < 1.29 is 19.1 Å². The van der Waals surface area contributed by atoms with Gasteiger partial charge in [0.2, 0.25) is 6.10 Å². The lowest BCUT2D eigenvalue weighted by atomic mass is 10.2. The smallest absolute Gasteiger partial charge is 0.267 e. The molecule has 0 bridgehead atoms. The lowest BCUT2D eigenvalue weighted by Crippen LogP contribution is -2.26. The minimum absolute atomic E-state index is 0.285. The number of nitrogens with one attached hydrogen (secondary N) is 1. The summed E-state index contributed by atoms with van der Waals surface area (Å²) >= 11 is 3.34. The van der Waals surface area contributed by atoms with Gasteiger partial charge >= 0.3 is 0 Å². The number of benzene rings is 2. The van der Waals surface area contributed by atoms with Crippen LogP contribution in [0.4, 0.5) is 5.69 Å². The first kappa shape index (κ1) is 18.8. The molecule has 0 aromatic heterocycles. The van der Waals surface area contributed by atoms with Crippen LogP contribution in [0.25, 0.3) is 0 Å². The van der Waals surface area contributed by atoms with E-state index in [0.717, 1.165) is 10.0 Å². The van der Waals surface area contributed by atoms with Gasteiger partial charge in [-0.15, -0.1) is 0 Å². The Labute approximate surface area is 154 Å². The predicted octanol–water partition coefficient (Wildman–Crippen LogP) is 3.84. The van der Waals surface area contributed by atoms with E-state index in [4.69, 9.17) is 14.3 Å². The third-order valence-corrected chi connectivity index (χ3v) is 3.84. The largest absolute Gasteiger partial charge is 0.493 e. The number of carbonyl (C=O) groups excluding carboxylic acids is 1. The van der Waals surface area contributed by atoms with Gasteiger partial charge in [-0.2, -0.15) is 0 Å². The van der Waals surface area contributed by atoms with E-state index in [1.54, 1.807) is 51.5 Å². The second-order valence-corrected chi connectivity index (χ2v) is 6.01. The molecule has 0 spiro atoms. The molecular formula is C18H19BrN2O4. The molecule has 0 heterocycles. The molecule has 25 heavy (non-hydrogen) atoms. The standard InChI is InChI=1S/C18H19BrN2O4/c1-12(18(22)21-15-7-5-14(19)6-8-15)25-20-11-13-4-9-16(23-2)17(10-13)24-3/h4-12H,1-3H3,(H,21,22)/b20-11-/t12-/m0/s1. The number of methoxy groups -OCH3 is 2. The number of hydrogen-bond donors (Lipinski definition) is 1. The van der Waals surface area contributed by atoms with Gasteiger partial charge in [0.15, 0.2) is 11.5 Å². The lowest BCUT2D eigenvalue weighted by molar-refractivity contribution is -0.126. The summed E-state index contributed by atoms with van der Waals surface area (Å²) in [6.07, 6.45) is 0.769. The van der Waals surface area contributed by atoms with Gasteiger partial charge in [0.1, 0.15) is 0 Å². The molecule has 0 unspecified atom stereocenters. The van der Waals surface area contributed by atoms with Crippen LogP contribution < -0.4 is 14.8 Å². The third-order valence-electron chi connectivity index (χ3n) is 3.31. The number of amides is 1. The monoisotopic (exact) mass is 406 g/mol. The Balaban J connectivity index is 1.92. The van der Waals surface area contributed by atoms with Crippen LogP contribution in [0.15, 0.2) is 52.1 Å². The molecule has 0 saturated carbocycles. The summed E-state index contributed by atoms with van der Waals surface area (Å²) in [6, 6.07) is 12.6. The summed E-state index contributed by atoms with van der Waals surface area (Å²) in [4.78, 5) is 17.3. The van der Waals surface area contributed by atoms with Crippen LogP contribution in [0.2, 0.25) is 0 Å². The van der Waals surface area contributed by atoms with Crippen LogP contribution >= 0.6 is 15.9 Å². The topological polar surface area (TPSA) is 69.2 Å². The van der Waals surface area contributed by atoms with Crippen LogP contribution in [-0.2, 0) is 9.63 Å². The number of anilines is 1. The highest BCUT2D eigenvalue weighted by Gasteiger charge is 2.14. The molecule has 1 N–H and O–H groups in total. The number of ether oxygens (including phenoxy) is 2. The Morgan fingerprint density at radius 2 is 1.80 bits per heavy atom. The molecule has 0 saturated heterocycles. The Kier molecular flexibility index (Phi) is 6.82. The fraction of sp³-hybridized carbons (Fsp3) is 0.222. The Bertz CT molecular complexity index is 747. The van der Waals surface area contributed by atoms with Crippen molar-refractivity contribution in [1.82, 2.24) is 0 Å². The first-order valence-corrected chi connectivity index (χ1v) is 8.30. The van der Waals surface area contributed by atoms with Crippen molar-refractivity contribution in [3.05, 3.63) is 52.5 Å². The fourth-order valence-electron chi connectivity index (χ4n) is 1.94. The maximum Gasteiger partial charge on any atom is 0.267 e. The molecule has 2 aromatic rings. The zero-order valence-electron chi connectivity index (χ0n) is 14.2. The summed E-state index contributed by atoms with van der Waals surface area (Å²) in [6.45, 7) is 1.63. The van der Waals surface area contributed by atoms with E-state index in [9.17, 15) is 4.79 Å². The van der Waals surface area contributed by atoms with Crippen molar-refractivity contribution in [1.29, 1.82) is 0 Å². The maximum atomic E-state index is 12.1. The van der Waals surface area contributed by atoms with Crippen LogP contribution in [-0.4, -0.2) is 32.4 Å². The van der Waals surface area contributed by atoms with Crippen molar-refractivity contribution in [3.63, 3.8) is 0 Å². The zero-order valence-corrected chi connectivity index (χ0v) is 15.7. The van der Waals surface area contributed by atoms with Crippen molar-refractivity contribution in [2.75, 3.05) is 19.5 Å². The van der Waals surface area contributed by atoms with Gasteiger partial charge in [-0.25, -0.2) is 0 Å². The van der Waals surface area contributed by atoms with E-state index in [1.807, 2.05) is 12.1 Å². The Morgan fingerprint density at radius 3 is 2.44 bits per heavy atom. The minimum Gasteiger partial charge on any atom is -0.493 e. The fourth-order valence-corrected chi connectivity index (χ4v) is 2.21. The molecule has 0 radical (unpaired) electrons. The van der Waals surface area contributed by atoms with Gasteiger partial charge in [0.05, 0.1) is 20.4 Å². The van der Waals surface area contributed by atoms with Gasteiger partial charge in [-0.1, -0.05) is 21.1 Å². The summed E-state index contributed by atoms with van der Waals surface area (Å²) in [5.41, 5.74) is 1.45. The molecule has 2 rings (SSSR count).